The number of carbonyl (C=O) groups excluding carboxylic acids is 8. The van der Waals surface area contributed by atoms with Crippen molar-refractivity contribution >= 4 is 71.8 Å². The third-order valence-electron chi connectivity index (χ3n) is 9.54. The van der Waals surface area contributed by atoms with Gasteiger partial charge in [0, 0.05) is 37.0 Å². The lowest BCUT2D eigenvalue weighted by molar-refractivity contribution is -0.142. The van der Waals surface area contributed by atoms with Crippen molar-refractivity contribution in [2.24, 2.45) is 33.8 Å². The molecule has 0 spiro atoms. The molecule has 0 aliphatic heterocycles. The Bertz CT molecular complexity index is 1990. The van der Waals surface area contributed by atoms with Crippen molar-refractivity contribution in [3.05, 3.63) is 54.1 Å². The topological polar surface area (TPSA) is 444 Å². The van der Waals surface area contributed by atoms with E-state index in [-0.39, 0.29) is 43.9 Å². The SMILES string of the molecule is CC(C)[C@H](NC(=O)[C@H](CO)NC(=O)[C@H](Cc1cnc[nH]1)NC(=O)[C@H](CCCN=C(N)N)NC(=O)[C@H](Cc1ccccc1)NC(=O)[C@H](CC(N)=O)NC(=O)[C@@H](N)CO)C(=O)N[C@@H](CS)C(=O)O. The number of nitrogens with zero attached hydrogens (tertiary/aromatic N) is 2. The lowest BCUT2D eigenvalue weighted by Crippen LogP contribution is -2.61. The van der Waals surface area contributed by atoms with E-state index >= 15 is 0 Å². The molecule has 0 unspecified atom stereocenters. The number of aliphatic imine (C=N–C) groups is 1. The largest absolute Gasteiger partial charge is 0.480 e. The molecule has 0 fully saturated rings. The number of carboxylic acid groups (broad SMARTS) is 1. The predicted molar refractivity (Wildman–Crippen MR) is 238 cm³/mol. The summed E-state index contributed by atoms with van der Waals surface area (Å²) < 4.78 is 0. The first kappa shape index (κ1) is 55.3. The number of hydrogen-bond donors (Lipinski definition) is 16. The average molecular weight is 949 g/mol. The van der Waals surface area contributed by atoms with E-state index < -0.39 is 127 Å². The van der Waals surface area contributed by atoms with E-state index in [0.29, 0.717) is 11.3 Å². The summed E-state index contributed by atoms with van der Waals surface area (Å²) in [6, 6.07) is -3.68. The fraction of sp³-hybridized carbons (Fsp3) is 0.513. The minimum Gasteiger partial charge on any atom is -0.480 e. The van der Waals surface area contributed by atoms with Crippen molar-refractivity contribution in [3.63, 3.8) is 0 Å². The molecule has 0 saturated heterocycles. The minimum atomic E-state index is -1.70. The summed E-state index contributed by atoms with van der Waals surface area (Å²) in [5, 5.41) is 45.7. The fourth-order valence-electron chi connectivity index (χ4n) is 5.95. The Morgan fingerprint density at radius 2 is 1.23 bits per heavy atom. The number of benzene rings is 1. The number of carboxylic acids is 1. The van der Waals surface area contributed by atoms with Gasteiger partial charge >= 0.3 is 5.97 Å². The highest BCUT2D eigenvalue weighted by Crippen LogP contribution is 2.10. The van der Waals surface area contributed by atoms with Crippen molar-refractivity contribution in [2.75, 3.05) is 25.5 Å². The van der Waals surface area contributed by atoms with Crippen LogP contribution in [0.15, 0.2) is 47.8 Å². The summed E-state index contributed by atoms with van der Waals surface area (Å²) in [4.78, 5) is 129. The molecule has 364 valence electrons. The summed E-state index contributed by atoms with van der Waals surface area (Å²) in [6.45, 7) is 1.33. The predicted octanol–water partition coefficient (Wildman–Crippen LogP) is -6.50. The number of aromatic nitrogens is 2. The van der Waals surface area contributed by atoms with E-state index in [1.807, 2.05) is 0 Å². The molecule has 0 saturated carbocycles. The number of nitrogens with one attached hydrogen (secondary N) is 8. The molecule has 1 heterocycles. The lowest BCUT2D eigenvalue weighted by Gasteiger charge is -2.28. The van der Waals surface area contributed by atoms with Crippen LogP contribution in [0.5, 0.6) is 0 Å². The quantitative estimate of drug-likeness (QED) is 0.0156. The smallest absolute Gasteiger partial charge is 0.327 e. The van der Waals surface area contributed by atoms with Crippen LogP contribution in [0.4, 0.5) is 0 Å². The van der Waals surface area contributed by atoms with Gasteiger partial charge in [-0.3, -0.25) is 43.3 Å². The first-order chi connectivity index (χ1) is 31.2. The summed E-state index contributed by atoms with van der Waals surface area (Å²) in [5.41, 5.74) is 22.7. The van der Waals surface area contributed by atoms with Crippen LogP contribution in [0.1, 0.15) is 44.4 Å². The molecule has 1 aromatic carbocycles. The monoisotopic (exact) mass is 948 g/mol. The Kier molecular flexibility index (Phi) is 23.6. The number of nitrogens with two attached hydrogens (primary N) is 4. The normalized spacial score (nSPS) is 14.6. The van der Waals surface area contributed by atoms with Gasteiger partial charge in [-0.1, -0.05) is 44.2 Å². The molecule has 2 aromatic rings. The fourth-order valence-corrected chi connectivity index (χ4v) is 6.20. The zero-order valence-corrected chi connectivity index (χ0v) is 37.2. The Morgan fingerprint density at radius 3 is 1.74 bits per heavy atom. The number of primary amides is 1. The van der Waals surface area contributed by atoms with Crippen molar-refractivity contribution in [1.82, 2.24) is 47.2 Å². The van der Waals surface area contributed by atoms with E-state index in [2.05, 4.69) is 64.8 Å². The zero-order chi connectivity index (χ0) is 49.5. The molecule has 8 atom stereocenters. The van der Waals surface area contributed by atoms with Crippen LogP contribution < -0.4 is 60.2 Å². The molecule has 8 amide bonds. The van der Waals surface area contributed by atoms with E-state index in [1.165, 1.54) is 12.5 Å². The number of carbonyl (C=O) groups is 9. The number of amides is 8. The van der Waals surface area contributed by atoms with Crippen LogP contribution >= 0.6 is 12.6 Å². The molecule has 26 nitrogen and oxygen atoms in total. The standard InChI is InChI=1S/C39H60N14O12S/c1-19(2)30(37(63)52-28(17-66)38(64)65)53-36(62)27(16-55)51-34(60)25(12-21-14-44-18-46-21)50-32(58)23(9-6-10-45-39(42)43)47-33(59)24(11-20-7-4-3-5-8-20)49-35(61)26(13-29(41)56)48-31(57)22(40)15-54/h3-5,7-8,14,18-19,22-28,30,54-55,66H,6,9-13,15-17,40H2,1-2H3,(H2,41,56)(H,44,46)(H,47,59)(H,48,57)(H,49,61)(H,50,58)(H,51,60)(H,52,63)(H,53,62)(H,64,65)(H4,42,43,45)/t22-,23-,24-,25-,26-,27-,28-,30-/m0/s1. The van der Waals surface area contributed by atoms with Crippen LogP contribution in [0.25, 0.3) is 0 Å². The van der Waals surface area contributed by atoms with Crippen molar-refractivity contribution in [1.29, 1.82) is 0 Å². The molecule has 0 bridgehead atoms. The molecule has 2 rings (SSSR count). The van der Waals surface area contributed by atoms with Crippen LogP contribution in [-0.2, 0) is 56.0 Å². The van der Waals surface area contributed by atoms with Gasteiger partial charge in [-0.15, -0.1) is 0 Å². The van der Waals surface area contributed by atoms with E-state index in [1.54, 1.807) is 44.2 Å². The van der Waals surface area contributed by atoms with Crippen molar-refractivity contribution < 1.29 is 58.5 Å². The number of H-pyrrole nitrogens is 1. The molecule has 66 heavy (non-hydrogen) atoms. The summed E-state index contributed by atoms with van der Waals surface area (Å²) in [7, 11) is 0. The number of aliphatic hydroxyl groups is 2. The van der Waals surface area contributed by atoms with Crippen LogP contribution in [0.2, 0.25) is 0 Å². The van der Waals surface area contributed by atoms with E-state index in [4.69, 9.17) is 22.9 Å². The molecule has 1 aromatic heterocycles. The second-order valence-electron chi connectivity index (χ2n) is 15.2. The summed E-state index contributed by atoms with van der Waals surface area (Å²) in [5.74, 6) is -10.3. The zero-order valence-electron chi connectivity index (χ0n) is 36.3. The van der Waals surface area contributed by atoms with Gasteiger partial charge in [0.15, 0.2) is 5.96 Å². The lowest BCUT2D eigenvalue weighted by atomic mass is 10.0. The average Bonchev–Trinajstić information content (AvgIpc) is 3.79. The Balaban J connectivity index is 2.47. The Labute approximate surface area is 384 Å². The van der Waals surface area contributed by atoms with E-state index in [9.17, 15) is 58.5 Å². The molecule has 27 heteroatoms. The number of guanidine groups is 1. The highest BCUT2D eigenvalue weighted by Gasteiger charge is 2.35. The third-order valence-corrected chi connectivity index (χ3v) is 9.90. The molecule has 0 radical (unpaired) electrons. The Hall–Kier alpha value is -6.84. The van der Waals surface area contributed by atoms with Gasteiger partial charge in [-0.25, -0.2) is 9.78 Å². The maximum absolute atomic E-state index is 14.2. The number of aliphatic hydroxyl groups excluding tert-OH is 2. The van der Waals surface area contributed by atoms with Gasteiger partial charge in [-0.05, 0) is 24.3 Å². The van der Waals surface area contributed by atoms with Crippen LogP contribution in [0.3, 0.4) is 0 Å². The highest BCUT2D eigenvalue weighted by atomic mass is 32.1. The van der Waals surface area contributed by atoms with Gasteiger partial charge in [0.2, 0.25) is 47.3 Å². The molecule has 0 aliphatic carbocycles. The van der Waals surface area contributed by atoms with Gasteiger partial charge in [0.05, 0.1) is 26.0 Å². The number of hydrogen-bond acceptors (Lipinski definition) is 15. The van der Waals surface area contributed by atoms with Crippen LogP contribution in [0, 0.1) is 5.92 Å². The second kappa shape index (κ2) is 28.2. The maximum atomic E-state index is 14.2. The first-order valence-corrected chi connectivity index (χ1v) is 21.1. The second-order valence-corrected chi connectivity index (χ2v) is 15.5. The van der Waals surface area contributed by atoms with Crippen molar-refractivity contribution in [2.45, 2.75) is 94.3 Å². The number of imidazole rings is 1. The van der Waals surface area contributed by atoms with Gasteiger partial charge in [0.25, 0.3) is 0 Å². The number of aromatic amines is 1. The van der Waals surface area contributed by atoms with Gasteiger partial charge in [-0.2, -0.15) is 12.6 Å². The minimum absolute atomic E-state index is 0.0109. The maximum Gasteiger partial charge on any atom is 0.327 e. The summed E-state index contributed by atoms with van der Waals surface area (Å²) in [6.07, 6.45) is 1.39. The van der Waals surface area contributed by atoms with Crippen LogP contribution in [-0.4, -0.2) is 158 Å². The summed E-state index contributed by atoms with van der Waals surface area (Å²) >= 11 is 3.92. The van der Waals surface area contributed by atoms with Crippen molar-refractivity contribution in [3.8, 4) is 0 Å². The number of thiol groups is 1. The molecular formula is C39H60N14O12S. The van der Waals surface area contributed by atoms with Gasteiger partial charge in [0.1, 0.15) is 48.3 Å². The highest BCUT2D eigenvalue weighted by molar-refractivity contribution is 7.80. The Morgan fingerprint density at radius 1 is 0.697 bits per heavy atom. The number of aliphatic carboxylic acids is 1. The number of rotatable bonds is 29. The first-order valence-electron chi connectivity index (χ1n) is 20.5. The van der Waals surface area contributed by atoms with E-state index in [0.717, 1.165) is 0 Å². The third kappa shape index (κ3) is 19.1. The molecule has 19 N–H and O–H groups in total. The molecule has 0 aliphatic rings. The molecular weight excluding hydrogens is 889 g/mol. The van der Waals surface area contributed by atoms with Gasteiger partial charge < -0.3 is 80.5 Å².